The molecule has 3 rings (SSSR count). The van der Waals surface area contributed by atoms with Crippen LogP contribution in [-0.4, -0.2) is 15.5 Å². The zero-order valence-corrected chi connectivity index (χ0v) is 14.7. The second-order valence-corrected chi connectivity index (χ2v) is 6.30. The molecule has 134 valence electrons. The van der Waals surface area contributed by atoms with Crippen molar-refractivity contribution in [3.8, 4) is 0 Å². The normalized spacial score (nSPS) is 12.1. The van der Waals surface area contributed by atoms with E-state index in [-0.39, 0.29) is 36.3 Å². The fourth-order valence-electron chi connectivity index (χ4n) is 2.87. The topological polar surface area (TPSA) is 64.0 Å². The molecule has 0 bridgehead atoms. The van der Waals surface area contributed by atoms with Crippen molar-refractivity contribution < 1.29 is 9.18 Å². The highest BCUT2D eigenvalue weighted by atomic mass is 19.1. The van der Waals surface area contributed by atoms with Gasteiger partial charge in [-0.05, 0) is 43.2 Å². The van der Waals surface area contributed by atoms with Crippen molar-refractivity contribution >= 4 is 16.8 Å². The van der Waals surface area contributed by atoms with E-state index < -0.39 is 0 Å². The van der Waals surface area contributed by atoms with Crippen molar-refractivity contribution in [2.75, 3.05) is 0 Å². The molecule has 1 N–H and O–H groups in total. The first-order valence-corrected chi connectivity index (χ1v) is 8.45. The monoisotopic (exact) mass is 353 g/mol. The zero-order valence-electron chi connectivity index (χ0n) is 14.7. The van der Waals surface area contributed by atoms with Gasteiger partial charge in [-0.1, -0.05) is 24.3 Å². The van der Waals surface area contributed by atoms with Crippen LogP contribution in [0.3, 0.4) is 0 Å². The number of nitrogens with zero attached hydrogens (tertiary/aromatic N) is 2. The molecule has 0 saturated heterocycles. The van der Waals surface area contributed by atoms with Crippen LogP contribution < -0.4 is 10.9 Å². The van der Waals surface area contributed by atoms with Gasteiger partial charge in [0.05, 0.1) is 23.3 Å². The Balaban J connectivity index is 1.66. The van der Waals surface area contributed by atoms with Crippen molar-refractivity contribution in [2.24, 2.45) is 0 Å². The number of hydrogen-bond acceptors (Lipinski definition) is 3. The highest BCUT2D eigenvalue weighted by molar-refractivity contribution is 5.80. The van der Waals surface area contributed by atoms with Crippen LogP contribution in [0.25, 0.3) is 10.9 Å². The van der Waals surface area contributed by atoms with Gasteiger partial charge in [-0.15, -0.1) is 0 Å². The van der Waals surface area contributed by atoms with Crippen molar-refractivity contribution in [2.45, 2.75) is 32.9 Å². The van der Waals surface area contributed by atoms with E-state index in [1.807, 2.05) is 26.0 Å². The van der Waals surface area contributed by atoms with E-state index in [2.05, 4.69) is 10.3 Å². The van der Waals surface area contributed by atoms with Gasteiger partial charge in [0.1, 0.15) is 5.82 Å². The minimum atomic E-state index is -0.314. The van der Waals surface area contributed by atoms with Gasteiger partial charge in [-0.3, -0.25) is 14.2 Å². The van der Waals surface area contributed by atoms with E-state index in [0.717, 1.165) is 11.1 Å². The molecule has 0 saturated carbocycles. The maximum Gasteiger partial charge on any atom is 0.261 e. The van der Waals surface area contributed by atoms with Crippen LogP contribution in [0.5, 0.6) is 0 Å². The fourth-order valence-corrected chi connectivity index (χ4v) is 2.87. The highest BCUT2D eigenvalue weighted by Gasteiger charge is 2.11. The maximum atomic E-state index is 13.0. The molecule has 0 aliphatic carbocycles. The highest BCUT2D eigenvalue weighted by Crippen LogP contribution is 2.13. The minimum Gasteiger partial charge on any atom is -0.350 e. The zero-order chi connectivity index (χ0) is 18.7. The smallest absolute Gasteiger partial charge is 0.261 e. The first-order valence-electron chi connectivity index (χ1n) is 8.45. The summed E-state index contributed by atoms with van der Waals surface area (Å²) in [5.41, 5.74) is 2.29. The van der Waals surface area contributed by atoms with Crippen molar-refractivity contribution in [1.82, 2.24) is 14.9 Å². The summed E-state index contributed by atoms with van der Waals surface area (Å²) < 4.78 is 14.4. The summed E-state index contributed by atoms with van der Waals surface area (Å²) in [5.74, 6) is -0.497. The van der Waals surface area contributed by atoms with Gasteiger partial charge in [0.15, 0.2) is 0 Å². The lowest BCUT2D eigenvalue weighted by molar-refractivity contribution is -0.121. The van der Waals surface area contributed by atoms with Crippen LogP contribution in [0.2, 0.25) is 0 Å². The third-order valence-electron chi connectivity index (χ3n) is 4.38. The second-order valence-electron chi connectivity index (χ2n) is 6.30. The Labute approximate surface area is 150 Å². The molecule has 2 aromatic carbocycles. The standard InChI is InChI=1S/C20H20FN3O2/c1-13-4-3-5-17-19(13)22-12-24(20(17)26)11-10-18(25)23-14(2)15-6-8-16(21)9-7-15/h3-9,12,14H,10-11H2,1-2H3,(H,23,25). The van der Waals surface area contributed by atoms with Crippen molar-refractivity contribution in [3.05, 3.63) is 76.1 Å². The van der Waals surface area contributed by atoms with Crippen LogP contribution in [0, 0.1) is 12.7 Å². The Morgan fingerprint density at radius 1 is 1.23 bits per heavy atom. The Hall–Kier alpha value is -3.02. The second kappa shape index (κ2) is 7.47. The predicted molar refractivity (Wildman–Crippen MR) is 98.3 cm³/mol. The SMILES string of the molecule is Cc1cccc2c(=O)n(CCC(=O)NC(C)c3ccc(F)cc3)cnc12. The van der Waals surface area contributed by atoms with Gasteiger partial charge >= 0.3 is 0 Å². The molecule has 1 atom stereocenters. The average Bonchev–Trinajstić information content (AvgIpc) is 2.62. The molecular formula is C20H20FN3O2. The summed E-state index contributed by atoms with van der Waals surface area (Å²) in [5, 5.41) is 3.40. The first kappa shape index (κ1) is 17.8. The van der Waals surface area contributed by atoms with Crippen molar-refractivity contribution in [1.29, 1.82) is 0 Å². The van der Waals surface area contributed by atoms with Crippen LogP contribution in [-0.2, 0) is 11.3 Å². The number of carbonyl (C=O) groups is 1. The van der Waals surface area contributed by atoms with Gasteiger partial charge in [-0.2, -0.15) is 0 Å². The maximum absolute atomic E-state index is 13.0. The molecule has 1 aromatic heterocycles. The number of aryl methyl sites for hydroxylation is 2. The number of hydrogen-bond donors (Lipinski definition) is 1. The Kier molecular flexibility index (Phi) is 5.11. The molecule has 0 aliphatic heterocycles. The molecule has 6 heteroatoms. The molecule has 26 heavy (non-hydrogen) atoms. The third kappa shape index (κ3) is 3.79. The lowest BCUT2D eigenvalue weighted by Crippen LogP contribution is -2.29. The lowest BCUT2D eigenvalue weighted by Gasteiger charge is -2.15. The van der Waals surface area contributed by atoms with E-state index in [1.165, 1.54) is 23.0 Å². The molecule has 1 amide bonds. The average molecular weight is 353 g/mol. The van der Waals surface area contributed by atoms with E-state index in [9.17, 15) is 14.0 Å². The fraction of sp³-hybridized carbons (Fsp3) is 0.250. The van der Waals surface area contributed by atoms with Crippen LogP contribution >= 0.6 is 0 Å². The molecule has 0 fully saturated rings. The van der Waals surface area contributed by atoms with Gasteiger partial charge in [-0.25, -0.2) is 9.37 Å². The molecule has 3 aromatic rings. The number of halogens is 1. The van der Waals surface area contributed by atoms with Gasteiger partial charge in [0.2, 0.25) is 5.91 Å². The Morgan fingerprint density at radius 3 is 2.69 bits per heavy atom. The summed E-state index contributed by atoms with van der Waals surface area (Å²) in [7, 11) is 0. The number of rotatable bonds is 5. The quantitative estimate of drug-likeness (QED) is 0.766. The first-order chi connectivity index (χ1) is 12.5. The lowest BCUT2D eigenvalue weighted by atomic mass is 10.1. The van der Waals surface area contributed by atoms with Gasteiger partial charge < -0.3 is 5.32 Å². The third-order valence-corrected chi connectivity index (χ3v) is 4.38. The number of para-hydroxylation sites is 1. The summed E-state index contributed by atoms with van der Waals surface area (Å²) in [6.45, 7) is 3.98. The Morgan fingerprint density at radius 2 is 1.96 bits per heavy atom. The Bertz CT molecular complexity index is 996. The molecule has 1 heterocycles. The number of nitrogens with one attached hydrogen (secondary N) is 1. The summed E-state index contributed by atoms with van der Waals surface area (Å²) in [4.78, 5) is 29.0. The largest absolute Gasteiger partial charge is 0.350 e. The van der Waals surface area contributed by atoms with Gasteiger partial charge in [0, 0.05) is 13.0 Å². The van der Waals surface area contributed by atoms with Crippen LogP contribution in [0.1, 0.15) is 30.5 Å². The van der Waals surface area contributed by atoms with Crippen LogP contribution in [0.4, 0.5) is 4.39 Å². The van der Waals surface area contributed by atoms with Crippen LogP contribution in [0.15, 0.2) is 53.6 Å². The summed E-state index contributed by atoms with van der Waals surface area (Å²) in [6.07, 6.45) is 1.64. The number of carbonyl (C=O) groups excluding carboxylic acids is 1. The van der Waals surface area contributed by atoms with Gasteiger partial charge in [0.25, 0.3) is 5.56 Å². The predicted octanol–water partition coefficient (Wildman–Crippen LogP) is 3.11. The van der Waals surface area contributed by atoms with E-state index in [0.29, 0.717) is 10.9 Å². The molecular weight excluding hydrogens is 333 g/mol. The minimum absolute atomic E-state index is 0.155. The summed E-state index contributed by atoms with van der Waals surface area (Å²) in [6, 6.07) is 11.2. The number of benzene rings is 2. The van der Waals surface area contributed by atoms with E-state index >= 15 is 0 Å². The molecule has 1 unspecified atom stereocenters. The molecule has 0 aliphatic rings. The number of amides is 1. The number of aromatic nitrogens is 2. The number of fused-ring (bicyclic) bond motifs is 1. The van der Waals surface area contributed by atoms with Crippen molar-refractivity contribution in [3.63, 3.8) is 0 Å². The van der Waals surface area contributed by atoms with E-state index in [4.69, 9.17) is 0 Å². The van der Waals surface area contributed by atoms with E-state index in [1.54, 1.807) is 18.2 Å². The molecule has 0 spiro atoms. The summed E-state index contributed by atoms with van der Waals surface area (Å²) >= 11 is 0. The molecule has 5 nitrogen and oxygen atoms in total. The molecule has 0 radical (unpaired) electrons.